The second-order valence-corrected chi connectivity index (χ2v) is 7.93. The molecular weight excluding hydrogens is 462 g/mol. The Bertz CT molecular complexity index is 1450. The molecule has 1 aromatic carbocycles. The maximum Gasteiger partial charge on any atom is 0.261 e. The molecule has 0 bridgehead atoms. The number of anilines is 1. The highest BCUT2D eigenvalue weighted by atomic mass is 79.9. The largest absolute Gasteiger partial charge is 0.322 e. The molecule has 154 valence electrons. The van der Waals surface area contributed by atoms with E-state index in [-0.39, 0.29) is 18.0 Å². The number of aromatic nitrogens is 6. The molecule has 4 heterocycles. The zero-order valence-electron chi connectivity index (χ0n) is 16.1. The first-order valence-electron chi connectivity index (χ1n) is 9.45. The normalized spacial score (nSPS) is 11.3. The van der Waals surface area contributed by atoms with Crippen LogP contribution in [-0.2, 0) is 17.9 Å². The lowest BCUT2D eigenvalue weighted by molar-refractivity contribution is -0.116. The van der Waals surface area contributed by atoms with E-state index in [1.807, 2.05) is 41.1 Å². The van der Waals surface area contributed by atoms with E-state index in [1.165, 1.54) is 10.9 Å². The summed E-state index contributed by atoms with van der Waals surface area (Å²) in [5, 5.41) is 7.49. The van der Waals surface area contributed by atoms with Crippen LogP contribution < -0.4 is 10.9 Å². The van der Waals surface area contributed by atoms with Gasteiger partial charge in [-0.25, -0.2) is 9.97 Å². The lowest BCUT2D eigenvalue weighted by Gasteiger charge is -2.07. The molecule has 0 saturated heterocycles. The summed E-state index contributed by atoms with van der Waals surface area (Å²) in [4.78, 5) is 33.9. The second-order valence-electron chi connectivity index (χ2n) is 7.01. The third kappa shape index (κ3) is 3.97. The Morgan fingerprint density at radius 3 is 2.94 bits per heavy atom. The summed E-state index contributed by atoms with van der Waals surface area (Å²) < 4.78 is 5.69. The zero-order chi connectivity index (χ0) is 21.4. The van der Waals surface area contributed by atoms with E-state index in [4.69, 9.17) is 0 Å². The predicted octanol–water partition coefficient (Wildman–Crippen LogP) is 2.69. The highest BCUT2D eigenvalue weighted by molar-refractivity contribution is 9.10. The van der Waals surface area contributed by atoms with E-state index in [1.54, 1.807) is 29.2 Å². The number of amides is 1. The van der Waals surface area contributed by atoms with Crippen LogP contribution in [0.3, 0.4) is 0 Å². The summed E-state index contributed by atoms with van der Waals surface area (Å²) in [7, 11) is 0. The number of halogens is 1. The van der Waals surface area contributed by atoms with Gasteiger partial charge >= 0.3 is 0 Å². The van der Waals surface area contributed by atoms with Crippen LogP contribution in [0.2, 0.25) is 0 Å². The van der Waals surface area contributed by atoms with Gasteiger partial charge in [0, 0.05) is 23.1 Å². The Morgan fingerprint density at radius 2 is 2.06 bits per heavy atom. The summed E-state index contributed by atoms with van der Waals surface area (Å²) in [6, 6.07) is 11.1. The number of carbonyl (C=O) groups excluding carboxylic acids is 1. The first-order chi connectivity index (χ1) is 15.0. The molecule has 0 aliphatic heterocycles. The zero-order valence-corrected chi connectivity index (χ0v) is 17.7. The molecule has 1 N–H and O–H groups in total. The average molecular weight is 478 g/mol. The van der Waals surface area contributed by atoms with Gasteiger partial charge in [0.15, 0.2) is 0 Å². The van der Waals surface area contributed by atoms with Gasteiger partial charge in [0.25, 0.3) is 5.56 Å². The summed E-state index contributed by atoms with van der Waals surface area (Å²) in [6.45, 7) is 0.326. The van der Waals surface area contributed by atoms with Crippen molar-refractivity contribution in [3.63, 3.8) is 0 Å². The standard InChI is InChI=1S/C21H16BrN7O2/c22-14-4-5-18-17(7-14)21(31)28(13-23-18)12-20(30)26-15-8-24-29(10-15)11-16-9-27-6-2-1-3-19(27)25-16/h1-10,13H,11-12H2,(H,26,30). The van der Waals surface area contributed by atoms with Crippen LogP contribution >= 0.6 is 15.9 Å². The van der Waals surface area contributed by atoms with Crippen molar-refractivity contribution < 1.29 is 4.79 Å². The molecule has 9 nitrogen and oxygen atoms in total. The molecule has 5 rings (SSSR count). The lowest BCUT2D eigenvalue weighted by atomic mass is 10.2. The quantitative estimate of drug-likeness (QED) is 0.419. The van der Waals surface area contributed by atoms with Crippen molar-refractivity contribution in [3.05, 3.63) is 88.0 Å². The van der Waals surface area contributed by atoms with Crippen LogP contribution in [-0.4, -0.2) is 34.6 Å². The van der Waals surface area contributed by atoms with Crippen molar-refractivity contribution in [3.8, 4) is 0 Å². The monoisotopic (exact) mass is 477 g/mol. The van der Waals surface area contributed by atoms with Crippen LogP contribution in [0, 0.1) is 0 Å². The van der Waals surface area contributed by atoms with Crippen molar-refractivity contribution in [2.45, 2.75) is 13.1 Å². The molecule has 4 aromatic heterocycles. The topological polar surface area (TPSA) is 99.1 Å². The van der Waals surface area contributed by atoms with Crippen molar-refractivity contribution in [1.82, 2.24) is 28.7 Å². The average Bonchev–Trinajstić information content (AvgIpc) is 3.36. The van der Waals surface area contributed by atoms with E-state index in [9.17, 15) is 9.59 Å². The van der Waals surface area contributed by atoms with Crippen LogP contribution in [0.15, 0.2) is 76.8 Å². The number of nitrogens with one attached hydrogen (secondary N) is 1. The molecule has 0 aliphatic carbocycles. The SMILES string of the molecule is O=C(Cn1cnc2ccc(Br)cc2c1=O)Nc1cnn(Cc2cn3ccccc3n2)c1. The highest BCUT2D eigenvalue weighted by Crippen LogP contribution is 2.15. The first kappa shape index (κ1) is 19.2. The maximum atomic E-state index is 12.6. The van der Waals surface area contributed by atoms with Crippen molar-refractivity contribution in [2.75, 3.05) is 5.32 Å². The van der Waals surface area contributed by atoms with Gasteiger partial charge < -0.3 is 9.72 Å². The number of rotatable bonds is 5. The van der Waals surface area contributed by atoms with Gasteiger partial charge in [-0.3, -0.25) is 18.8 Å². The fourth-order valence-electron chi connectivity index (χ4n) is 3.34. The van der Waals surface area contributed by atoms with E-state index >= 15 is 0 Å². The number of fused-ring (bicyclic) bond motifs is 2. The number of hydrogen-bond donors (Lipinski definition) is 1. The van der Waals surface area contributed by atoms with Crippen LogP contribution in [0.25, 0.3) is 16.6 Å². The third-order valence-corrected chi connectivity index (χ3v) is 5.25. The summed E-state index contributed by atoms with van der Waals surface area (Å²) in [6.07, 6.45) is 8.53. The molecule has 0 spiro atoms. The highest BCUT2D eigenvalue weighted by Gasteiger charge is 2.10. The molecule has 0 radical (unpaired) electrons. The predicted molar refractivity (Wildman–Crippen MR) is 119 cm³/mol. The fourth-order valence-corrected chi connectivity index (χ4v) is 3.70. The Morgan fingerprint density at radius 1 is 1.16 bits per heavy atom. The Balaban J connectivity index is 1.28. The molecule has 0 unspecified atom stereocenters. The van der Waals surface area contributed by atoms with Gasteiger partial charge in [0.1, 0.15) is 12.2 Å². The van der Waals surface area contributed by atoms with E-state index in [2.05, 4.69) is 36.3 Å². The van der Waals surface area contributed by atoms with Gasteiger partial charge in [-0.2, -0.15) is 5.10 Å². The molecule has 0 atom stereocenters. The van der Waals surface area contributed by atoms with Crippen LogP contribution in [0.1, 0.15) is 5.69 Å². The Hall–Kier alpha value is -3.79. The van der Waals surface area contributed by atoms with Crippen molar-refractivity contribution >= 4 is 44.1 Å². The first-order valence-corrected chi connectivity index (χ1v) is 10.2. The van der Waals surface area contributed by atoms with E-state index < -0.39 is 0 Å². The summed E-state index contributed by atoms with van der Waals surface area (Å²) in [5.41, 5.74) is 2.56. The maximum absolute atomic E-state index is 12.6. The Kier molecular flexibility index (Phi) is 4.83. The van der Waals surface area contributed by atoms with Gasteiger partial charge in [0.2, 0.25) is 5.91 Å². The molecule has 0 aliphatic rings. The van der Waals surface area contributed by atoms with Gasteiger partial charge in [-0.15, -0.1) is 0 Å². The van der Waals surface area contributed by atoms with E-state index in [0.29, 0.717) is 23.1 Å². The number of carbonyl (C=O) groups is 1. The third-order valence-electron chi connectivity index (χ3n) is 4.75. The van der Waals surface area contributed by atoms with E-state index in [0.717, 1.165) is 15.8 Å². The lowest BCUT2D eigenvalue weighted by Crippen LogP contribution is -2.27. The van der Waals surface area contributed by atoms with Crippen LogP contribution in [0.5, 0.6) is 0 Å². The molecular formula is C21H16BrN7O2. The van der Waals surface area contributed by atoms with Gasteiger partial charge in [0.05, 0.1) is 41.4 Å². The Labute approximate surface area is 184 Å². The van der Waals surface area contributed by atoms with Gasteiger partial charge in [-0.1, -0.05) is 22.0 Å². The minimum absolute atomic E-state index is 0.147. The fraction of sp³-hybridized carbons (Fsp3) is 0.0952. The summed E-state index contributed by atoms with van der Waals surface area (Å²) >= 11 is 3.35. The van der Waals surface area contributed by atoms with Crippen LogP contribution in [0.4, 0.5) is 5.69 Å². The summed E-state index contributed by atoms with van der Waals surface area (Å²) in [5.74, 6) is -0.342. The number of imidazole rings is 1. The number of benzene rings is 1. The molecule has 1 amide bonds. The number of nitrogens with zero attached hydrogens (tertiary/aromatic N) is 6. The van der Waals surface area contributed by atoms with Crippen molar-refractivity contribution in [1.29, 1.82) is 0 Å². The smallest absolute Gasteiger partial charge is 0.261 e. The second kappa shape index (κ2) is 7.80. The molecule has 0 saturated carbocycles. The number of hydrogen-bond acceptors (Lipinski definition) is 5. The minimum atomic E-state index is -0.342. The molecule has 5 aromatic rings. The molecule has 0 fully saturated rings. The number of pyridine rings is 1. The van der Waals surface area contributed by atoms with Gasteiger partial charge in [-0.05, 0) is 30.3 Å². The molecule has 31 heavy (non-hydrogen) atoms. The minimum Gasteiger partial charge on any atom is -0.322 e. The molecule has 10 heteroatoms. The van der Waals surface area contributed by atoms with Crippen molar-refractivity contribution in [2.24, 2.45) is 0 Å².